The highest BCUT2D eigenvalue weighted by molar-refractivity contribution is 6.52. The Morgan fingerprint density at radius 3 is 2.17 bits per heavy atom. The monoisotopic (exact) mass is 388 g/mol. The van der Waals surface area contributed by atoms with Crippen molar-refractivity contribution < 1.29 is 14.3 Å². The van der Waals surface area contributed by atoms with E-state index in [0.29, 0.717) is 22.5 Å². The highest BCUT2D eigenvalue weighted by Gasteiger charge is 2.43. The van der Waals surface area contributed by atoms with Gasteiger partial charge in [0.05, 0.1) is 5.57 Å². The lowest BCUT2D eigenvalue weighted by molar-refractivity contribution is -0.112. The number of hydrogen-bond donors (Lipinski definition) is 0. The van der Waals surface area contributed by atoms with Crippen molar-refractivity contribution in [1.29, 1.82) is 0 Å². The maximum Gasteiger partial charge on any atom is 0.234 e. The van der Waals surface area contributed by atoms with Crippen LogP contribution < -0.4 is 4.74 Å². The van der Waals surface area contributed by atoms with E-state index in [-0.39, 0.29) is 5.92 Å². The molecule has 30 heavy (non-hydrogen) atoms. The summed E-state index contributed by atoms with van der Waals surface area (Å²) in [5, 5.41) is 2.09. The van der Waals surface area contributed by atoms with E-state index in [0.717, 1.165) is 27.6 Å². The molecule has 0 spiro atoms. The Hall–Kier alpha value is -3.98. The molecule has 3 heteroatoms. The van der Waals surface area contributed by atoms with Gasteiger partial charge in [0, 0.05) is 22.6 Å². The second-order valence-corrected chi connectivity index (χ2v) is 7.59. The SMILES string of the molecule is O=C1C(=O)c2ccccc2C2=C1C(c1ccccc1)c1c(ccc3ccccc13)O2. The Kier molecular flexibility index (Phi) is 3.53. The summed E-state index contributed by atoms with van der Waals surface area (Å²) in [6.45, 7) is 0. The highest BCUT2D eigenvalue weighted by atomic mass is 16.5. The molecule has 4 aromatic carbocycles. The second-order valence-electron chi connectivity index (χ2n) is 7.59. The number of carbonyl (C=O) groups is 2. The predicted octanol–water partition coefficient (Wildman–Crippen LogP) is 5.54. The minimum Gasteiger partial charge on any atom is -0.456 e. The van der Waals surface area contributed by atoms with Crippen molar-refractivity contribution in [3.8, 4) is 5.75 Å². The Bertz CT molecular complexity index is 1400. The molecule has 4 aromatic rings. The van der Waals surface area contributed by atoms with E-state index in [1.807, 2.05) is 78.9 Å². The fraction of sp³-hybridized carbons (Fsp3) is 0.0370. The Labute approximate surface area is 173 Å². The molecule has 0 radical (unpaired) electrons. The molecule has 2 aliphatic rings. The summed E-state index contributed by atoms with van der Waals surface area (Å²) in [7, 11) is 0. The number of carbonyl (C=O) groups excluding carboxylic acids is 2. The summed E-state index contributed by atoms with van der Waals surface area (Å²) in [5.74, 6) is -0.125. The van der Waals surface area contributed by atoms with Gasteiger partial charge in [-0.2, -0.15) is 0 Å². The van der Waals surface area contributed by atoms with Crippen molar-refractivity contribution in [3.05, 3.63) is 119 Å². The molecule has 1 unspecified atom stereocenters. The van der Waals surface area contributed by atoms with Crippen LogP contribution in [0.25, 0.3) is 16.5 Å². The number of fused-ring (bicyclic) bond motifs is 5. The fourth-order valence-electron chi connectivity index (χ4n) is 4.64. The Morgan fingerprint density at radius 1 is 0.633 bits per heavy atom. The zero-order valence-corrected chi connectivity index (χ0v) is 16.0. The van der Waals surface area contributed by atoms with Gasteiger partial charge in [-0.25, -0.2) is 0 Å². The average Bonchev–Trinajstić information content (AvgIpc) is 2.81. The lowest BCUT2D eigenvalue weighted by Gasteiger charge is -2.34. The van der Waals surface area contributed by atoms with Gasteiger partial charge < -0.3 is 4.74 Å². The molecule has 0 N–H and O–H groups in total. The van der Waals surface area contributed by atoms with Gasteiger partial charge in [0.25, 0.3) is 0 Å². The smallest absolute Gasteiger partial charge is 0.234 e. The number of ether oxygens (including phenoxy) is 1. The van der Waals surface area contributed by atoms with Crippen LogP contribution in [-0.4, -0.2) is 11.6 Å². The number of rotatable bonds is 1. The van der Waals surface area contributed by atoms with E-state index < -0.39 is 11.6 Å². The van der Waals surface area contributed by atoms with Gasteiger partial charge in [0.15, 0.2) is 0 Å². The largest absolute Gasteiger partial charge is 0.456 e. The van der Waals surface area contributed by atoms with E-state index in [2.05, 4.69) is 0 Å². The quantitative estimate of drug-likeness (QED) is 0.402. The van der Waals surface area contributed by atoms with Crippen LogP contribution in [0.2, 0.25) is 0 Å². The van der Waals surface area contributed by atoms with Crippen molar-refractivity contribution >= 4 is 28.1 Å². The van der Waals surface area contributed by atoms with Crippen molar-refractivity contribution in [2.75, 3.05) is 0 Å². The minimum absolute atomic E-state index is 0.374. The van der Waals surface area contributed by atoms with Crippen LogP contribution >= 0.6 is 0 Å². The molecule has 1 heterocycles. The topological polar surface area (TPSA) is 43.4 Å². The summed E-state index contributed by atoms with van der Waals surface area (Å²) >= 11 is 0. The Morgan fingerprint density at radius 2 is 1.33 bits per heavy atom. The maximum atomic E-state index is 13.4. The average molecular weight is 388 g/mol. The molecular formula is C27H16O3. The van der Waals surface area contributed by atoms with Gasteiger partial charge in [-0.1, -0.05) is 84.9 Å². The molecule has 0 saturated carbocycles. The molecule has 0 saturated heterocycles. The Balaban J connectivity index is 1.73. The molecule has 0 aromatic heterocycles. The first-order valence-corrected chi connectivity index (χ1v) is 9.91. The van der Waals surface area contributed by atoms with Gasteiger partial charge in [-0.3, -0.25) is 9.59 Å². The molecule has 0 bridgehead atoms. The fourth-order valence-corrected chi connectivity index (χ4v) is 4.64. The first-order chi connectivity index (χ1) is 14.7. The van der Waals surface area contributed by atoms with Crippen LogP contribution in [0.1, 0.15) is 33.0 Å². The zero-order chi connectivity index (χ0) is 20.2. The van der Waals surface area contributed by atoms with E-state index in [9.17, 15) is 9.59 Å². The summed E-state index contributed by atoms with van der Waals surface area (Å²) < 4.78 is 6.35. The van der Waals surface area contributed by atoms with Crippen LogP contribution in [0.15, 0.2) is 96.6 Å². The summed E-state index contributed by atoms with van der Waals surface area (Å²) in [4.78, 5) is 26.3. The van der Waals surface area contributed by atoms with E-state index >= 15 is 0 Å². The van der Waals surface area contributed by atoms with Gasteiger partial charge in [-0.15, -0.1) is 0 Å². The van der Waals surface area contributed by atoms with Crippen molar-refractivity contribution in [3.63, 3.8) is 0 Å². The molecule has 142 valence electrons. The molecule has 1 aliphatic carbocycles. The minimum atomic E-state index is -0.490. The molecule has 6 rings (SSSR count). The summed E-state index contributed by atoms with van der Waals surface area (Å²) in [6.07, 6.45) is 0. The lowest BCUT2D eigenvalue weighted by atomic mass is 9.74. The molecule has 1 atom stereocenters. The number of ketones is 2. The lowest BCUT2D eigenvalue weighted by Crippen LogP contribution is -2.31. The molecule has 3 nitrogen and oxygen atoms in total. The molecule has 0 fully saturated rings. The number of hydrogen-bond acceptors (Lipinski definition) is 3. The third-order valence-electron chi connectivity index (χ3n) is 5.96. The van der Waals surface area contributed by atoms with Gasteiger partial charge in [-0.05, 0) is 22.4 Å². The van der Waals surface area contributed by atoms with Crippen LogP contribution in [0.3, 0.4) is 0 Å². The summed E-state index contributed by atoms with van der Waals surface area (Å²) in [6, 6.07) is 29.1. The van der Waals surface area contributed by atoms with Crippen molar-refractivity contribution in [2.24, 2.45) is 0 Å². The standard InChI is InChI=1S/C27H16O3/c28-25-19-12-6-7-13-20(19)27-24(26(25)29)22(17-9-2-1-3-10-17)23-18-11-5-4-8-16(18)14-15-21(23)30-27/h1-15,22H. The van der Waals surface area contributed by atoms with Crippen LogP contribution in [-0.2, 0) is 4.79 Å². The van der Waals surface area contributed by atoms with E-state index in [4.69, 9.17) is 4.74 Å². The first-order valence-electron chi connectivity index (χ1n) is 9.91. The van der Waals surface area contributed by atoms with Crippen LogP contribution in [0.5, 0.6) is 5.75 Å². The van der Waals surface area contributed by atoms with Crippen molar-refractivity contribution in [2.45, 2.75) is 5.92 Å². The van der Waals surface area contributed by atoms with Crippen molar-refractivity contribution in [1.82, 2.24) is 0 Å². The predicted molar refractivity (Wildman–Crippen MR) is 116 cm³/mol. The maximum absolute atomic E-state index is 13.4. The highest BCUT2D eigenvalue weighted by Crippen LogP contribution is 2.50. The molecule has 1 aliphatic heterocycles. The third kappa shape index (κ3) is 2.26. The van der Waals surface area contributed by atoms with Gasteiger partial charge in [0.1, 0.15) is 11.5 Å². The normalized spacial score (nSPS) is 17.3. The second kappa shape index (κ2) is 6.26. The summed E-state index contributed by atoms with van der Waals surface area (Å²) in [5.41, 5.74) is 3.40. The van der Waals surface area contributed by atoms with Gasteiger partial charge in [0.2, 0.25) is 11.6 Å². The first kappa shape index (κ1) is 16.9. The number of benzene rings is 4. The van der Waals surface area contributed by atoms with E-state index in [1.165, 1.54) is 0 Å². The number of allylic oxidation sites excluding steroid dienone is 1. The van der Waals surface area contributed by atoms with Gasteiger partial charge >= 0.3 is 0 Å². The molecule has 0 amide bonds. The van der Waals surface area contributed by atoms with Crippen LogP contribution in [0.4, 0.5) is 0 Å². The van der Waals surface area contributed by atoms with E-state index in [1.54, 1.807) is 12.1 Å². The van der Waals surface area contributed by atoms with Crippen LogP contribution in [0, 0.1) is 0 Å². The zero-order valence-electron chi connectivity index (χ0n) is 16.0. The third-order valence-corrected chi connectivity index (χ3v) is 5.96. The number of Topliss-reactive ketones (excluding diaryl/α,β-unsaturated/α-hetero) is 2. The molecular weight excluding hydrogens is 372 g/mol.